The molecule has 128 valence electrons. The van der Waals surface area contributed by atoms with Crippen LogP contribution in [0.15, 0.2) is 36.5 Å². The second-order valence-electron chi connectivity index (χ2n) is 6.29. The first-order chi connectivity index (χ1) is 11.7. The van der Waals surface area contributed by atoms with Crippen molar-refractivity contribution in [1.82, 2.24) is 14.8 Å². The molecule has 1 N–H and O–H groups in total. The quantitative estimate of drug-likeness (QED) is 0.914. The Morgan fingerprint density at radius 3 is 2.42 bits per heavy atom. The predicted molar refractivity (Wildman–Crippen MR) is 94.2 cm³/mol. The van der Waals surface area contributed by atoms with Crippen LogP contribution in [0, 0.1) is 6.92 Å². The van der Waals surface area contributed by atoms with Crippen LogP contribution in [-0.4, -0.2) is 53.2 Å². The molecule has 5 heteroatoms. The molecule has 3 rings (SSSR count). The van der Waals surface area contributed by atoms with E-state index in [1.165, 1.54) is 5.56 Å². The first kappa shape index (κ1) is 16.7. The van der Waals surface area contributed by atoms with Crippen molar-refractivity contribution in [2.75, 3.05) is 33.3 Å². The maximum absolute atomic E-state index is 10.2. The highest BCUT2D eigenvalue weighted by atomic mass is 16.5. The average molecular weight is 327 g/mol. The predicted octanol–water partition coefficient (Wildman–Crippen LogP) is 2.42. The Labute approximate surface area is 143 Å². The lowest BCUT2D eigenvalue weighted by Gasteiger charge is -2.34. The highest BCUT2D eigenvalue weighted by molar-refractivity contribution is 5.45. The molecule has 1 aromatic heterocycles. The van der Waals surface area contributed by atoms with Crippen LogP contribution < -0.4 is 4.74 Å². The van der Waals surface area contributed by atoms with Gasteiger partial charge in [-0.15, -0.1) is 0 Å². The van der Waals surface area contributed by atoms with Gasteiger partial charge in [0.25, 0.3) is 0 Å². The van der Waals surface area contributed by atoms with Crippen LogP contribution in [0.3, 0.4) is 0 Å². The number of phenolic OH excluding ortho intramolecular Hbond substituents is 1. The lowest BCUT2D eigenvalue weighted by molar-refractivity contribution is 0.120. The highest BCUT2D eigenvalue weighted by Gasteiger charge is 2.19. The monoisotopic (exact) mass is 327 g/mol. The van der Waals surface area contributed by atoms with Gasteiger partial charge in [-0.05, 0) is 24.6 Å². The summed E-state index contributed by atoms with van der Waals surface area (Å²) in [4.78, 5) is 9.30. The molecule has 0 saturated carbocycles. The molecule has 1 saturated heterocycles. The van der Waals surface area contributed by atoms with Crippen molar-refractivity contribution in [2.45, 2.75) is 20.0 Å². The van der Waals surface area contributed by atoms with Crippen LogP contribution in [0.25, 0.3) is 0 Å². The zero-order valence-corrected chi connectivity index (χ0v) is 14.4. The number of methoxy groups -OCH3 is 1. The Bertz CT molecular complexity index is 682. The summed E-state index contributed by atoms with van der Waals surface area (Å²) in [6.07, 6.45) is 1.87. The van der Waals surface area contributed by atoms with Gasteiger partial charge in [-0.1, -0.05) is 18.2 Å². The molecule has 0 amide bonds. The summed E-state index contributed by atoms with van der Waals surface area (Å²) in [5.41, 5.74) is 3.33. The fraction of sp³-hybridized carbons (Fsp3) is 0.421. The molecule has 2 aromatic rings. The molecule has 0 spiro atoms. The minimum absolute atomic E-state index is 0.256. The smallest absolute Gasteiger partial charge is 0.162 e. The van der Waals surface area contributed by atoms with Gasteiger partial charge in [-0.2, -0.15) is 0 Å². The summed E-state index contributed by atoms with van der Waals surface area (Å²) >= 11 is 0. The molecule has 1 aromatic carbocycles. The van der Waals surface area contributed by atoms with Gasteiger partial charge in [0.2, 0.25) is 0 Å². The Morgan fingerprint density at radius 2 is 1.75 bits per heavy atom. The first-order valence-electron chi connectivity index (χ1n) is 8.37. The third-order valence-corrected chi connectivity index (χ3v) is 4.65. The second-order valence-corrected chi connectivity index (χ2v) is 6.29. The number of aromatic nitrogens is 1. The number of aryl methyl sites for hydroxylation is 1. The molecule has 0 atom stereocenters. The van der Waals surface area contributed by atoms with E-state index in [9.17, 15) is 5.11 Å². The summed E-state index contributed by atoms with van der Waals surface area (Å²) in [5.74, 6) is 0.795. The van der Waals surface area contributed by atoms with E-state index in [1.807, 2.05) is 24.4 Å². The minimum atomic E-state index is 0.256. The van der Waals surface area contributed by atoms with E-state index in [4.69, 9.17) is 4.74 Å². The molecule has 5 nitrogen and oxygen atoms in total. The topological polar surface area (TPSA) is 48.8 Å². The normalized spacial score (nSPS) is 16.2. The molecular formula is C19H25N3O2. The first-order valence-corrected chi connectivity index (χ1v) is 8.37. The number of pyridine rings is 1. The number of hydrogen-bond acceptors (Lipinski definition) is 5. The van der Waals surface area contributed by atoms with E-state index in [0.29, 0.717) is 5.75 Å². The van der Waals surface area contributed by atoms with Crippen LogP contribution in [-0.2, 0) is 13.1 Å². The van der Waals surface area contributed by atoms with Crippen LogP contribution in [0.5, 0.6) is 11.5 Å². The van der Waals surface area contributed by atoms with E-state index in [-0.39, 0.29) is 5.75 Å². The van der Waals surface area contributed by atoms with Gasteiger partial charge < -0.3 is 9.84 Å². The summed E-state index contributed by atoms with van der Waals surface area (Å²) in [7, 11) is 1.58. The Kier molecular flexibility index (Phi) is 5.33. The van der Waals surface area contributed by atoms with E-state index in [1.54, 1.807) is 13.2 Å². The molecule has 0 aliphatic carbocycles. The molecular weight excluding hydrogens is 302 g/mol. The lowest BCUT2D eigenvalue weighted by Crippen LogP contribution is -2.45. The number of ether oxygens (including phenoxy) is 1. The number of nitrogens with zero attached hydrogens (tertiary/aromatic N) is 3. The van der Waals surface area contributed by atoms with Crippen molar-refractivity contribution in [3.05, 3.63) is 53.3 Å². The summed E-state index contributed by atoms with van der Waals surface area (Å²) in [6, 6.07) is 9.77. The number of phenols is 1. The van der Waals surface area contributed by atoms with Gasteiger partial charge in [0, 0.05) is 51.0 Å². The third-order valence-electron chi connectivity index (χ3n) is 4.65. The maximum Gasteiger partial charge on any atom is 0.162 e. The van der Waals surface area contributed by atoms with E-state index in [2.05, 4.69) is 27.8 Å². The fourth-order valence-electron chi connectivity index (χ4n) is 3.10. The van der Waals surface area contributed by atoms with Gasteiger partial charge >= 0.3 is 0 Å². The molecule has 0 radical (unpaired) electrons. The largest absolute Gasteiger partial charge is 0.504 e. The average Bonchev–Trinajstić information content (AvgIpc) is 2.60. The molecule has 1 aliphatic heterocycles. The van der Waals surface area contributed by atoms with Crippen LogP contribution >= 0.6 is 0 Å². The number of aromatic hydroxyl groups is 1. The number of hydrogen-bond donors (Lipinski definition) is 1. The molecule has 0 bridgehead atoms. The van der Waals surface area contributed by atoms with Crippen molar-refractivity contribution < 1.29 is 9.84 Å². The Morgan fingerprint density at radius 1 is 1.04 bits per heavy atom. The van der Waals surface area contributed by atoms with Crippen LogP contribution in [0.4, 0.5) is 0 Å². The van der Waals surface area contributed by atoms with Gasteiger partial charge in [0.05, 0.1) is 12.8 Å². The van der Waals surface area contributed by atoms with Crippen molar-refractivity contribution in [3.8, 4) is 11.5 Å². The third kappa shape index (κ3) is 3.86. The van der Waals surface area contributed by atoms with Crippen molar-refractivity contribution in [3.63, 3.8) is 0 Å². The summed E-state index contributed by atoms with van der Waals surface area (Å²) in [5, 5.41) is 10.2. The second kappa shape index (κ2) is 7.64. The van der Waals surface area contributed by atoms with Gasteiger partial charge in [0.1, 0.15) is 0 Å². The molecule has 2 heterocycles. The molecule has 1 aliphatic rings. The molecule has 0 unspecified atom stereocenters. The van der Waals surface area contributed by atoms with E-state index in [0.717, 1.165) is 50.5 Å². The lowest BCUT2D eigenvalue weighted by atomic mass is 10.1. The maximum atomic E-state index is 10.2. The Balaban J connectivity index is 1.55. The SMILES string of the molecule is COc1cccc(CN2CCN(Cc3ncccc3C)CC2)c1O. The van der Waals surface area contributed by atoms with E-state index >= 15 is 0 Å². The summed E-state index contributed by atoms with van der Waals surface area (Å²) < 4.78 is 5.19. The van der Waals surface area contributed by atoms with Gasteiger partial charge in [-0.3, -0.25) is 14.8 Å². The van der Waals surface area contributed by atoms with E-state index < -0.39 is 0 Å². The van der Waals surface area contributed by atoms with Crippen LogP contribution in [0.2, 0.25) is 0 Å². The zero-order valence-electron chi connectivity index (χ0n) is 14.4. The van der Waals surface area contributed by atoms with Gasteiger partial charge in [-0.25, -0.2) is 0 Å². The Hall–Kier alpha value is -2.11. The fourth-order valence-corrected chi connectivity index (χ4v) is 3.10. The number of benzene rings is 1. The van der Waals surface area contributed by atoms with Crippen molar-refractivity contribution in [1.29, 1.82) is 0 Å². The highest BCUT2D eigenvalue weighted by Crippen LogP contribution is 2.30. The number of piperazine rings is 1. The molecule has 1 fully saturated rings. The minimum Gasteiger partial charge on any atom is -0.504 e. The molecule has 24 heavy (non-hydrogen) atoms. The zero-order chi connectivity index (χ0) is 16.9. The van der Waals surface area contributed by atoms with Gasteiger partial charge in [0.15, 0.2) is 11.5 Å². The van der Waals surface area contributed by atoms with Crippen molar-refractivity contribution in [2.24, 2.45) is 0 Å². The number of para-hydroxylation sites is 1. The number of rotatable bonds is 5. The summed E-state index contributed by atoms with van der Waals surface area (Å²) in [6.45, 7) is 7.78. The standard InChI is InChI=1S/C19H25N3O2/c1-15-5-4-8-20-17(15)14-22-11-9-21(10-12-22)13-16-6-3-7-18(24-2)19(16)23/h3-8,23H,9-14H2,1-2H3. The van der Waals surface area contributed by atoms with Crippen LogP contribution in [0.1, 0.15) is 16.8 Å². The van der Waals surface area contributed by atoms with Crippen molar-refractivity contribution >= 4 is 0 Å².